The molecule has 0 bridgehead atoms. The van der Waals surface area contributed by atoms with E-state index in [2.05, 4.69) is 78.8 Å². The lowest BCUT2D eigenvalue weighted by Crippen LogP contribution is -3.06. The molecule has 1 N–H and O–H groups in total. The van der Waals surface area contributed by atoms with Crippen molar-refractivity contribution in [3.8, 4) is 11.5 Å². The molecule has 0 radical (unpaired) electrons. The number of hydrogen-bond donors (Lipinski definition) is 1. The van der Waals surface area contributed by atoms with Crippen molar-refractivity contribution in [3.63, 3.8) is 0 Å². The first-order valence-corrected chi connectivity index (χ1v) is 8.86. The van der Waals surface area contributed by atoms with Crippen molar-refractivity contribution in [2.45, 2.75) is 20.0 Å². The van der Waals surface area contributed by atoms with Crippen LogP contribution in [0.3, 0.4) is 0 Å². The molecule has 0 aliphatic rings. The van der Waals surface area contributed by atoms with Crippen molar-refractivity contribution in [2.24, 2.45) is 0 Å². The summed E-state index contributed by atoms with van der Waals surface area (Å²) < 4.78 is 5.86. The highest BCUT2D eigenvalue weighted by Gasteiger charge is 2.13. The number of fused-ring (bicyclic) bond motifs is 1. The molecule has 1 heterocycles. The van der Waals surface area contributed by atoms with Crippen LogP contribution in [-0.4, -0.2) is 17.2 Å². The average molecular weight is 344 g/mol. The van der Waals surface area contributed by atoms with Crippen molar-refractivity contribution in [2.75, 3.05) is 7.05 Å². The zero-order chi connectivity index (χ0) is 17.9. The molecule has 0 spiro atoms. The molecule has 1 atom stereocenters. The lowest BCUT2D eigenvalue weighted by Gasteiger charge is -2.12. The van der Waals surface area contributed by atoms with Crippen LogP contribution >= 0.6 is 0 Å². The van der Waals surface area contributed by atoms with Gasteiger partial charge in [0.1, 0.15) is 6.54 Å². The molecule has 1 aromatic heterocycles. The monoisotopic (exact) mass is 344 g/mol. The maximum Gasteiger partial charge on any atom is 0.271 e. The summed E-state index contributed by atoms with van der Waals surface area (Å²) in [4.78, 5) is 1.31. The summed E-state index contributed by atoms with van der Waals surface area (Å²) in [5, 5.41) is 11.0. The summed E-state index contributed by atoms with van der Waals surface area (Å²) in [6.07, 6.45) is 0. The van der Waals surface area contributed by atoms with Crippen LogP contribution in [0.25, 0.3) is 22.2 Å². The standard InChI is InChI=1S/C22H21N3O/c1-16-6-5-9-20(12-16)22-24-23-21(26-22)15-25(2)14-17-10-11-18-7-3-4-8-19(18)13-17/h3-13H,14-15H2,1-2H3/p+1. The fraction of sp³-hybridized carbons (Fsp3) is 0.182. The van der Waals surface area contributed by atoms with Crippen LogP contribution in [0.1, 0.15) is 17.0 Å². The highest BCUT2D eigenvalue weighted by Crippen LogP contribution is 2.18. The number of quaternary nitrogens is 1. The van der Waals surface area contributed by atoms with E-state index in [1.165, 1.54) is 26.8 Å². The Balaban J connectivity index is 1.45. The van der Waals surface area contributed by atoms with Gasteiger partial charge in [0.25, 0.3) is 5.89 Å². The van der Waals surface area contributed by atoms with Crippen molar-refractivity contribution < 1.29 is 9.32 Å². The Morgan fingerprint density at radius 2 is 1.69 bits per heavy atom. The lowest BCUT2D eigenvalue weighted by molar-refractivity contribution is -0.909. The van der Waals surface area contributed by atoms with E-state index < -0.39 is 0 Å². The highest BCUT2D eigenvalue weighted by molar-refractivity contribution is 5.82. The topological polar surface area (TPSA) is 43.4 Å². The smallest absolute Gasteiger partial charge is 0.271 e. The van der Waals surface area contributed by atoms with E-state index in [0.29, 0.717) is 18.3 Å². The third-order valence-corrected chi connectivity index (χ3v) is 4.50. The van der Waals surface area contributed by atoms with Crippen molar-refractivity contribution in [3.05, 3.63) is 83.7 Å². The summed E-state index contributed by atoms with van der Waals surface area (Å²) in [6.45, 7) is 3.67. The van der Waals surface area contributed by atoms with Crippen LogP contribution in [0.4, 0.5) is 0 Å². The minimum Gasteiger partial charge on any atom is -0.415 e. The van der Waals surface area contributed by atoms with Gasteiger partial charge in [-0.25, -0.2) is 0 Å². The number of rotatable bonds is 5. The molecule has 4 rings (SSSR count). The summed E-state index contributed by atoms with van der Waals surface area (Å²) in [5.74, 6) is 1.25. The zero-order valence-corrected chi connectivity index (χ0v) is 15.1. The van der Waals surface area contributed by atoms with E-state index in [1.807, 2.05) is 12.1 Å². The van der Waals surface area contributed by atoms with Crippen LogP contribution < -0.4 is 4.90 Å². The van der Waals surface area contributed by atoms with Gasteiger partial charge in [-0.1, -0.05) is 54.1 Å². The van der Waals surface area contributed by atoms with Crippen molar-refractivity contribution >= 4 is 10.8 Å². The van der Waals surface area contributed by atoms with Crippen molar-refractivity contribution in [1.29, 1.82) is 0 Å². The molecule has 3 aromatic carbocycles. The molecule has 0 amide bonds. The summed E-state index contributed by atoms with van der Waals surface area (Å²) in [6, 6.07) is 23.2. The van der Waals surface area contributed by atoms with Gasteiger partial charge in [0, 0.05) is 11.1 Å². The first-order valence-electron chi connectivity index (χ1n) is 8.86. The first kappa shape index (κ1) is 16.5. The quantitative estimate of drug-likeness (QED) is 0.603. The fourth-order valence-electron chi connectivity index (χ4n) is 3.24. The number of nitrogens with one attached hydrogen (secondary N) is 1. The van der Waals surface area contributed by atoms with Gasteiger partial charge in [0.2, 0.25) is 5.89 Å². The fourth-order valence-corrected chi connectivity index (χ4v) is 3.24. The summed E-state index contributed by atoms with van der Waals surface area (Å²) in [7, 11) is 2.14. The molecular formula is C22H22N3O+. The predicted octanol–water partition coefficient (Wildman–Crippen LogP) is 3.41. The van der Waals surface area contributed by atoms with Crippen LogP contribution in [0, 0.1) is 6.92 Å². The van der Waals surface area contributed by atoms with Crippen LogP contribution in [0.15, 0.2) is 71.1 Å². The molecule has 4 nitrogen and oxygen atoms in total. The van der Waals surface area contributed by atoms with Crippen LogP contribution in [0.2, 0.25) is 0 Å². The zero-order valence-electron chi connectivity index (χ0n) is 15.1. The van der Waals surface area contributed by atoms with E-state index in [-0.39, 0.29) is 0 Å². The second-order valence-corrected chi connectivity index (χ2v) is 6.86. The lowest BCUT2D eigenvalue weighted by atomic mass is 10.1. The Morgan fingerprint density at radius 1 is 0.846 bits per heavy atom. The van der Waals surface area contributed by atoms with E-state index in [0.717, 1.165) is 12.1 Å². The van der Waals surface area contributed by atoms with E-state index >= 15 is 0 Å². The van der Waals surface area contributed by atoms with Gasteiger partial charge in [0.05, 0.1) is 7.05 Å². The highest BCUT2D eigenvalue weighted by atomic mass is 16.4. The second kappa shape index (κ2) is 7.10. The van der Waals surface area contributed by atoms with E-state index in [1.54, 1.807) is 0 Å². The third kappa shape index (κ3) is 3.65. The number of hydrogen-bond acceptors (Lipinski definition) is 3. The normalized spacial score (nSPS) is 12.4. The number of benzene rings is 3. The van der Waals surface area contributed by atoms with Gasteiger partial charge in [-0.05, 0) is 35.9 Å². The van der Waals surface area contributed by atoms with Gasteiger partial charge >= 0.3 is 0 Å². The Morgan fingerprint density at radius 3 is 2.54 bits per heavy atom. The third-order valence-electron chi connectivity index (χ3n) is 4.50. The van der Waals surface area contributed by atoms with Gasteiger partial charge in [-0.3, -0.25) is 0 Å². The number of aromatic nitrogens is 2. The predicted molar refractivity (Wildman–Crippen MR) is 103 cm³/mol. The SMILES string of the molecule is Cc1cccc(-c2nnc(C[NH+](C)Cc3ccc4ccccc4c3)o2)c1. The molecular weight excluding hydrogens is 322 g/mol. The molecule has 4 heteroatoms. The van der Waals surface area contributed by atoms with E-state index in [9.17, 15) is 0 Å². The molecule has 0 fully saturated rings. The molecule has 26 heavy (non-hydrogen) atoms. The number of nitrogens with zero attached hydrogens (tertiary/aromatic N) is 2. The Labute approximate surface area is 153 Å². The van der Waals surface area contributed by atoms with Gasteiger partial charge in [-0.15, -0.1) is 10.2 Å². The van der Waals surface area contributed by atoms with Crippen molar-refractivity contribution in [1.82, 2.24) is 10.2 Å². The van der Waals surface area contributed by atoms with Gasteiger partial charge < -0.3 is 9.32 Å². The van der Waals surface area contributed by atoms with Gasteiger partial charge in [0.15, 0.2) is 6.54 Å². The first-order chi connectivity index (χ1) is 12.7. The summed E-state index contributed by atoms with van der Waals surface area (Å²) >= 11 is 0. The number of aryl methyl sites for hydroxylation is 1. The Hall–Kier alpha value is -2.98. The maximum absolute atomic E-state index is 5.86. The largest absolute Gasteiger partial charge is 0.415 e. The van der Waals surface area contributed by atoms with Gasteiger partial charge in [-0.2, -0.15) is 0 Å². The average Bonchev–Trinajstić information content (AvgIpc) is 3.10. The molecule has 0 saturated carbocycles. The van der Waals surface area contributed by atoms with Crippen LogP contribution in [0.5, 0.6) is 0 Å². The minimum absolute atomic E-state index is 0.585. The molecule has 0 saturated heterocycles. The molecule has 4 aromatic rings. The minimum atomic E-state index is 0.585. The molecule has 130 valence electrons. The Bertz CT molecular complexity index is 1040. The van der Waals surface area contributed by atoms with Crippen LogP contribution in [-0.2, 0) is 13.1 Å². The maximum atomic E-state index is 5.86. The molecule has 1 unspecified atom stereocenters. The molecule has 0 aliphatic heterocycles. The second-order valence-electron chi connectivity index (χ2n) is 6.86. The molecule has 0 aliphatic carbocycles. The summed E-state index contributed by atoms with van der Waals surface area (Å²) in [5.41, 5.74) is 3.46. The van der Waals surface area contributed by atoms with E-state index in [4.69, 9.17) is 4.42 Å². The Kier molecular flexibility index (Phi) is 4.50.